The number of rotatable bonds is 3. The van der Waals surface area contributed by atoms with Crippen molar-refractivity contribution < 1.29 is 0 Å². The van der Waals surface area contributed by atoms with Crippen LogP contribution in [0.25, 0.3) is 5.78 Å². The van der Waals surface area contributed by atoms with Crippen molar-refractivity contribution in [2.75, 3.05) is 5.32 Å². The van der Waals surface area contributed by atoms with Crippen molar-refractivity contribution in [2.45, 2.75) is 13.5 Å². The number of aromatic nitrogens is 4. The normalized spacial score (nSPS) is 10.9. The van der Waals surface area contributed by atoms with Gasteiger partial charge < -0.3 is 5.32 Å². The molecule has 2 N–H and O–H groups in total. The van der Waals surface area contributed by atoms with E-state index in [0.717, 1.165) is 5.56 Å². The van der Waals surface area contributed by atoms with E-state index in [0.29, 0.717) is 29.0 Å². The molecule has 1 aromatic carbocycles. The van der Waals surface area contributed by atoms with E-state index in [1.54, 1.807) is 6.92 Å². The molecule has 0 unspecified atom stereocenters. The molecule has 0 bridgehead atoms. The Morgan fingerprint density at radius 2 is 2.05 bits per heavy atom. The molecule has 0 fully saturated rings. The summed E-state index contributed by atoms with van der Waals surface area (Å²) in [5, 5.41) is 6.67. The number of nitrogens with zero attached hydrogens (tertiary/aromatic N) is 3. The van der Waals surface area contributed by atoms with Crippen LogP contribution in [0.3, 0.4) is 0 Å². The summed E-state index contributed by atoms with van der Waals surface area (Å²) < 4.78 is 1.30. The smallest absolute Gasteiger partial charge is 0.274 e. The van der Waals surface area contributed by atoms with Gasteiger partial charge >= 0.3 is 0 Å². The van der Waals surface area contributed by atoms with Crippen LogP contribution in [0.15, 0.2) is 35.1 Å². The number of nitrogens with one attached hydrogen (secondary N) is 2. The molecule has 0 aliphatic carbocycles. The molecular weight excluding hydrogens is 278 g/mol. The van der Waals surface area contributed by atoms with Gasteiger partial charge in [0.25, 0.3) is 11.3 Å². The van der Waals surface area contributed by atoms with Gasteiger partial charge in [0.05, 0.1) is 0 Å². The first kappa shape index (κ1) is 12.7. The SMILES string of the molecule is Cc1cc(=O)n2[nH]c(NCc3ccc(Cl)cc3)nc2n1. The maximum absolute atomic E-state index is 11.7. The highest BCUT2D eigenvalue weighted by Crippen LogP contribution is 2.10. The Balaban J connectivity index is 1.83. The van der Waals surface area contributed by atoms with Crippen molar-refractivity contribution in [1.29, 1.82) is 0 Å². The topological polar surface area (TPSA) is 75.1 Å². The van der Waals surface area contributed by atoms with Crippen LogP contribution in [0.5, 0.6) is 0 Å². The van der Waals surface area contributed by atoms with E-state index in [4.69, 9.17) is 11.6 Å². The lowest BCUT2D eigenvalue weighted by Gasteiger charge is -2.02. The van der Waals surface area contributed by atoms with E-state index in [-0.39, 0.29) is 5.56 Å². The number of H-pyrrole nitrogens is 1. The summed E-state index contributed by atoms with van der Waals surface area (Å²) in [5.41, 5.74) is 1.52. The molecule has 3 aromatic rings. The second kappa shape index (κ2) is 4.97. The van der Waals surface area contributed by atoms with E-state index in [1.165, 1.54) is 10.6 Å². The van der Waals surface area contributed by atoms with Gasteiger partial charge in [-0.3, -0.25) is 9.89 Å². The molecule has 2 aromatic heterocycles. The lowest BCUT2D eigenvalue weighted by molar-refractivity contribution is 0.886. The van der Waals surface area contributed by atoms with Gasteiger partial charge in [-0.05, 0) is 24.6 Å². The van der Waals surface area contributed by atoms with Crippen LogP contribution in [0, 0.1) is 6.92 Å². The fraction of sp³-hybridized carbons (Fsp3) is 0.154. The Morgan fingerprint density at radius 3 is 2.80 bits per heavy atom. The van der Waals surface area contributed by atoms with E-state index in [1.807, 2.05) is 24.3 Å². The van der Waals surface area contributed by atoms with Gasteiger partial charge in [-0.25, -0.2) is 4.98 Å². The van der Waals surface area contributed by atoms with Crippen molar-refractivity contribution in [2.24, 2.45) is 0 Å². The van der Waals surface area contributed by atoms with Crippen LogP contribution in [-0.2, 0) is 6.54 Å². The molecule has 0 saturated heterocycles. The number of fused-ring (bicyclic) bond motifs is 1. The lowest BCUT2D eigenvalue weighted by atomic mass is 10.2. The minimum absolute atomic E-state index is 0.181. The molecule has 2 heterocycles. The maximum Gasteiger partial charge on any atom is 0.274 e. The molecule has 0 aliphatic heterocycles. The minimum atomic E-state index is -0.181. The molecule has 102 valence electrons. The lowest BCUT2D eigenvalue weighted by Crippen LogP contribution is -2.14. The third-order valence-electron chi connectivity index (χ3n) is 2.83. The summed E-state index contributed by atoms with van der Waals surface area (Å²) in [6, 6.07) is 8.95. The predicted octanol–water partition coefficient (Wildman–Crippen LogP) is 1.99. The van der Waals surface area contributed by atoms with Crippen molar-refractivity contribution in [3.8, 4) is 0 Å². The van der Waals surface area contributed by atoms with Gasteiger partial charge in [-0.2, -0.15) is 9.50 Å². The molecule has 0 spiro atoms. The van der Waals surface area contributed by atoms with E-state index in [2.05, 4.69) is 20.4 Å². The van der Waals surface area contributed by atoms with Crippen LogP contribution in [-0.4, -0.2) is 19.6 Å². The summed E-state index contributed by atoms with van der Waals surface area (Å²) in [5.74, 6) is 0.851. The van der Waals surface area contributed by atoms with E-state index < -0.39 is 0 Å². The number of hydrogen-bond acceptors (Lipinski definition) is 4. The quantitative estimate of drug-likeness (QED) is 0.773. The highest BCUT2D eigenvalue weighted by molar-refractivity contribution is 6.30. The number of anilines is 1. The van der Waals surface area contributed by atoms with Crippen molar-refractivity contribution in [3.05, 3.63) is 57.0 Å². The van der Waals surface area contributed by atoms with Crippen molar-refractivity contribution >= 4 is 23.3 Å². The van der Waals surface area contributed by atoms with Gasteiger partial charge in [0, 0.05) is 23.3 Å². The van der Waals surface area contributed by atoms with E-state index in [9.17, 15) is 4.79 Å². The summed E-state index contributed by atoms with van der Waals surface area (Å²) in [7, 11) is 0. The van der Waals surface area contributed by atoms with Crippen LogP contribution in [0.1, 0.15) is 11.3 Å². The number of aryl methyl sites for hydroxylation is 1. The largest absolute Gasteiger partial charge is 0.351 e. The molecule has 3 rings (SSSR count). The standard InChI is InChI=1S/C13H12ClN5O/c1-8-6-11(20)19-13(16-8)17-12(18-19)15-7-9-2-4-10(14)5-3-9/h2-6H,7H2,1H3,(H2,15,16,17,18). The molecule has 0 aliphatic rings. The summed E-state index contributed by atoms with van der Waals surface area (Å²) in [6.45, 7) is 2.33. The Hall–Kier alpha value is -2.34. The first-order valence-corrected chi connectivity index (χ1v) is 6.44. The van der Waals surface area contributed by atoms with Crippen LogP contribution in [0.4, 0.5) is 5.95 Å². The van der Waals surface area contributed by atoms with Gasteiger partial charge in [0.15, 0.2) is 0 Å². The average Bonchev–Trinajstić information content (AvgIpc) is 2.81. The minimum Gasteiger partial charge on any atom is -0.351 e. The van der Waals surface area contributed by atoms with Crippen molar-refractivity contribution in [1.82, 2.24) is 19.6 Å². The molecule has 6 nitrogen and oxygen atoms in total. The number of halogens is 1. The van der Waals surface area contributed by atoms with Crippen molar-refractivity contribution in [3.63, 3.8) is 0 Å². The highest BCUT2D eigenvalue weighted by Gasteiger charge is 2.05. The van der Waals surface area contributed by atoms with Gasteiger partial charge in [0.2, 0.25) is 5.95 Å². The molecule has 0 saturated carbocycles. The zero-order chi connectivity index (χ0) is 14.1. The zero-order valence-corrected chi connectivity index (χ0v) is 11.5. The molecular formula is C13H12ClN5O. The number of aromatic amines is 1. The third-order valence-corrected chi connectivity index (χ3v) is 3.08. The van der Waals surface area contributed by atoms with Crippen LogP contribution < -0.4 is 10.9 Å². The second-order valence-electron chi connectivity index (χ2n) is 4.42. The molecule has 0 atom stereocenters. The maximum atomic E-state index is 11.7. The first-order chi connectivity index (χ1) is 9.61. The molecule has 0 amide bonds. The summed E-state index contributed by atoms with van der Waals surface area (Å²) in [4.78, 5) is 20.1. The molecule has 20 heavy (non-hydrogen) atoms. The monoisotopic (exact) mass is 289 g/mol. The Morgan fingerprint density at radius 1 is 1.30 bits per heavy atom. The Labute approximate surface area is 119 Å². The second-order valence-corrected chi connectivity index (χ2v) is 4.86. The third kappa shape index (κ3) is 2.50. The zero-order valence-electron chi connectivity index (χ0n) is 10.7. The Kier molecular flexibility index (Phi) is 3.15. The summed E-state index contributed by atoms with van der Waals surface area (Å²) >= 11 is 5.83. The average molecular weight is 290 g/mol. The highest BCUT2D eigenvalue weighted by atomic mass is 35.5. The van der Waals surface area contributed by atoms with Crippen LogP contribution in [0.2, 0.25) is 5.02 Å². The molecule has 7 heteroatoms. The predicted molar refractivity (Wildman–Crippen MR) is 77.1 cm³/mol. The van der Waals surface area contributed by atoms with Gasteiger partial charge in [-0.1, -0.05) is 23.7 Å². The Bertz CT molecular complexity index is 806. The fourth-order valence-corrected chi connectivity index (χ4v) is 1.99. The number of hydrogen-bond donors (Lipinski definition) is 2. The van der Waals surface area contributed by atoms with Gasteiger partial charge in [-0.15, -0.1) is 0 Å². The summed E-state index contributed by atoms with van der Waals surface area (Å²) in [6.07, 6.45) is 0. The number of benzene rings is 1. The van der Waals surface area contributed by atoms with Crippen LogP contribution >= 0.6 is 11.6 Å². The first-order valence-electron chi connectivity index (χ1n) is 6.06. The fourth-order valence-electron chi connectivity index (χ4n) is 1.86. The molecule has 0 radical (unpaired) electrons. The van der Waals surface area contributed by atoms with Gasteiger partial charge in [0.1, 0.15) is 0 Å². The van der Waals surface area contributed by atoms with E-state index >= 15 is 0 Å².